The molecule has 0 radical (unpaired) electrons. The summed E-state index contributed by atoms with van der Waals surface area (Å²) in [6, 6.07) is 4.38. The number of carbonyl (C=O) groups is 1. The maximum atomic E-state index is 12.4. The number of aryl methyl sites for hydroxylation is 2. The molecule has 102 valence electrons. The molecule has 2 heterocycles. The Morgan fingerprint density at radius 1 is 1.47 bits per heavy atom. The molecule has 1 saturated heterocycles. The summed E-state index contributed by atoms with van der Waals surface area (Å²) >= 11 is 3.18. The van der Waals surface area contributed by atoms with Gasteiger partial charge >= 0.3 is 0 Å². The van der Waals surface area contributed by atoms with Gasteiger partial charge in [0.05, 0.1) is 10.9 Å². The highest BCUT2D eigenvalue weighted by Crippen LogP contribution is 2.34. The fourth-order valence-corrected chi connectivity index (χ4v) is 3.95. The van der Waals surface area contributed by atoms with Gasteiger partial charge in [0.2, 0.25) is 0 Å². The van der Waals surface area contributed by atoms with Crippen LogP contribution in [0, 0.1) is 25.2 Å². The van der Waals surface area contributed by atoms with Crippen LogP contribution in [0.1, 0.15) is 33.0 Å². The molecule has 3 nitrogen and oxygen atoms in total. The average molecular weight is 294 g/mol. The molecule has 1 aliphatic rings. The predicted molar refractivity (Wildman–Crippen MR) is 80.8 cm³/mol. The average Bonchev–Trinajstić information content (AvgIpc) is 2.78. The van der Waals surface area contributed by atoms with Crippen LogP contribution in [-0.2, 0) is 0 Å². The minimum atomic E-state index is -0.294. The largest absolute Gasteiger partial charge is 0.338 e. The lowest BCUT2D eigenvalue weighted by molar-refractivity contribution is 0.0721. The van der Waals surface area contributed by atoms with Gasteiger partial charge in [-0.05, 0) is 44.6 Å². The van der Waals surface area contributed by atoms with Gasteiger partial charge in [0.25, 0.3) is 5.91 Å². The van der Waals surface area contributed by atoms with Crippen molar-refractivity contribution >= 4 is 29.0 Å². The van der Waals surface area contributed by atoms with Crippen molar-refractivity contribution in [2.45, 2.75) is 31.4 Å². The fourth-order valence-electron chi connectivity index (χ4n) is 2.27. The van der Waals surface area contributed by atoms with Gasteiger partial charge in [0, 0.05) is 18.0 Å². The second-order valence-corrected chi connectivity index (χ2v) is 7.40. The summed E-state index contributed by atoms with van der Waals surface area (Å²) in [5.74, 6) is 0.119. The molecule has 1 fully saturated rings. The number of amides is 1. The molecular weight excluding hydrogens is 276 g/mol. The van der Waals surface area contributed by atoms with E-state index < -0.39 is 0 Å². The first kappa shape index (κ1) is 14.4. The summed E-state index contributed by atoms with van der Waals surface area (Å²) in [7, 11) is 0. The van der Waals surface area contributed by atoms with Crippen molar-refractivity contribution in [3.05, 3.63) is 21.4 Å². The van der Waals surface area contributed by atoms with Crippen LogP contribution in [0.4, 0.5) is 0 Å². The summed E-state index contributed by atoms with van der Waals surface area (Å²) in [4.78, 5) is 16.3. The van der Waals surface area contributed by atoms with Crippen molar-refractivity contribution in [2.75, 3.05) is 19.3 Å². The van der Waals surface area contributed by atoms with Crippen LogP contribution < -0.4 is 0 Å². The number of carbonyl (C=O) groups excluding carboxylic acids is 1. The molecular formula is C14H18N2OS2. The van der Waals surface area contributed by atoms with Gasteiger partial charge in [-0.25, -0.2) is 0 Å². The molecule has 0 N–H and O–H groups in total. The van der Waals surface area contributed by atoms with Crippen LogP contribution in [-0.4, -0.2) is 34.9 Å². The predicted octanol–water partition coefficient (Wildman–Crippen LogP) is 3.23. The number of hydrogen-bond acceptors (Lipinski definition) is 4. The second-order valence-electron chi connectivity index (χ2n) is 4.95. The second kappa shape index (κ2) is 5.56. The third-order valence-corrected chi connectivity index (χ3v) is 6.25. The molecule has 0 saturated carbocycles. The van der Waals surface area contributed by atoms with Crippen molar-refractivity contribution in [3.8, 4) is 6.07 Å². The third-order valence-electron chi connectivity index (χ3n) is 3.83. The Morgan fingerprint density at radius 3 is 2.53 bits per heavy atom. The van der Waals surface area contributed by atoms with Crippen LogP contribution in [0.2, 0.25) is 0 Å². The first-order valence-electron chi connectivity index (χ1n) is 6.34. The maximum Gasteiger partial charge on any atom is 0.263 e. The number of nitrogens with zero attached hydrogens (tertiary/aromatic N) is 2. The van der Waals surface area contributed by atoms with Gasteiger partial charge in [-0.2, -0.15) is 5.26 Å². The number of likely N-dealkylation sites (tertiary alicyclic amines) is 1. The highest BCUT2D eigenvalue weighted by atomic mass is 32.2. The Morgan fingerprint density at radius 2 is 2.11 bits per heavy atom. The zero-order chi connectivity index (χ0) is 14.0. The van der Waals surface area contributed by atoms with E-state index in [1.807, 2.05) is 31.1 Å². The van der Waals surface area contributed by atoms with Crippen LogP contribution in [0.3, 0.4) is 0 Å². The topological polar surface area (TPSA) is 44.1 Å². The van der Waals surface area contributed by atoms with Crippen LogP contribution >= 0.6 is 23.1 Å². The number of nitriles is 1. The molecule has 1 aliphatic heterocycles. The number of piperidine rings is 1. The lowest BCUT2D eigenvalue weighted by Gasteiger charge is -2.35. The van der Waals surface area contributed by atoms with Crippen molar-refractivity contribution in [2.24, 2.45) is 0 Å². The third kappa shape index (κ3) is 2.80. The molecule has 0 unspecified atom stereocenters. The normalized spacial score (nSPS) is 18.1. The van der Waals surface area contributed by atoms with E-state index in [0.29, 0.717) is 13.1 Å². The van der Waals surface area contributed by atoms with Gasteiger partial charge in [-0.15, -0.1) is 23.1 Å². The molecule has 0 atom stereocenters. The highest BCUT2D eigenvalue weighted by molar-refractivity contribution is 8.00. The number of hydrogen-bond donors (Lipinski definition) is 0. The Balaban J connectivity index is 2.06. The number of thiophene rings is 1. The highest BCUT2D eigenvalue weighted by Gasteiger charge is 2.35. The van der Waals surface area contributed by atoms with Gasteiger partial charge in [0.1, 0.15) is 4.75 Å². The smallest absolute Gasteiger partial charge is 0.263 e. The summed E-state index contributed by atoms with van der Waals surface area (Å²) in [6.07, 6.45) is 3.51. The molecule has 0 bridgehead atoms. The summed E-state index contributed by atoms with van der Waals surface area (Å²) in [5, 5.41) is 9.25. The zero-order valence-electron chi connectivity index (χ0n) is 11.5. The van der Waals surface area contributed by atoms with E-state index in [4.69, 9.17) is 0 Å². The van der Waals surface area contributed by atoms with E-state index in [0.717, 1.165) is 17.7 Å². The van der Waals surface area contributed by atoms with Crippen molar-refractivity contribution in [1.29, 1.82) is 5.26 Å². The van der Waals surface area contributed by atoms with Gasteiger partial charge in [-0.3, -0.25) is 4.79 Å². The van der Waals surface area contributed by atoms with Crippen LogP contribution in [0.5, 0.6) is 0 Å². The zero-order valence-corrected chi connectivity index (χ0v) is 13.2. The molecule has 1 aromatic heterocycles. The van der Waals surface area contributed by atoms with Crippen LogP contribution in [0.15, 0.2) is 6.07 Å². The van der Waals surface area contributed by atoms with Crippen molar-refractivity contribution < 1.29 is 4.79 Å². The molecule has 1 aromatic rings. The summed E-state index contributed by atoms with van der Waals surface area (Å²) in [5.41, 5.74) is 1.18. The molecule has 1 amide bonds. The van der Waals surface area contributed by atoms with E-state index >= 15 is 0 Å². The molecule has 0 spiro atoms. The van der Waals surface area contributed by atoms with Gasteiger partial charge in [-0.1, -0.05) is 0 Å². The molecule has 5 heteroatoms. The van der Waals surface area contributed by atoms with E-state index in [9.17, 15) is 10.1 Å². The molecule has 19 heavy (non-hydrogen) atoms. The van der Waals surface area contributed by atoms with Crippen molar-refractivity contribution in [1.82, 2.24) is 4.90 Å². The number of thioether (sulfide) groups is 1. The van der Waals surface area contributed by atoms with Crippen molar-refractivity contribution in [3.63, 3.8) is 0 Å². The van der Waals surface area contributed by atoms with E-state index in [-0.39, 0.29) is 10.7 Å². The lowest BCUT2D eigenvalue weighted by atomic mass is 9.97. The summed E-state index contributed by atoms with van der Waals surface area (Å²) in [6.45, 7) is 5.45. The first-order chi connectivity index (χ1) is 9.01. The Labute approximate surface area is 122 Å². The quantitative estimate of drug-likeness (QED) is 0.841. The molecule has 2 rings (SSSR count). The Kier molecular flexibility index (Phi) is 4.22. The monoisotopic (exact) mass is 294 g/mol. The van der Waals surface area contributed by atoms with Crippen LogP contribution in [0.25, 0.3) is 0 Å². The summed E-state index contributed by atoms with van der Waals surface area (Å²) < 4.78 is -0.294. The number of rotatable bonds is 2. The standard InChI is InChI=1S/C14H18N2OS2/c1-10-8-12(19-11(10)2)13(17)16-6-4-14(9-15,18-3)5-7-16/h8H,4-7H2,1-3H3. The Hall–Kier alpha value is -0.990. The van der Waals surface area contributed by atoms with E-state index in [2.05, 4.69) is 6.07 Å². The van der Waals surface area contributed by atoms with Gasteiger partial charge in [0.15, 0.2) is 0 Å². The maximum absolute atomic E-state index is 12.4. The van der Waals surface area contributed by atoms with Gasteiger partial charge < -0.3 is 4.90 Å². The minimum absolute atomic E-state index is 0.119. The minimum Gasteiger partial charge on any atom is -0.338 e. The lowest BCUT2D eigenvalue weighted by Crippen LogP contribution is -2.44. The SMILES string of the molecule is CSC1(C#N)CCN(C(=O)c2cc(C)c(C)s2)CC1. The Bertz CT molecular complexity index is 503. The fraction of sp³-hybridized carbons (Fsp3) is 0.571. The van der Waals surface area contributed by atoms with E-state index in [1.165, 1.54) is 10.4 Å². The molecule has 0 aromatic carbocycles. The molecule has 0 aliphatic carbocycles. The van der Waals surface area contributed by atoms with E-state index in [1.54, 1.807) is 23.1 Å². The first-order valence-corrected chi connectivity index (χ1v) is 8.38.